The van der Waals surface area contributed by atoms with Crippen LogP contribution in [0, 0.1) is 13.8 Å². The van der Waals surface area contributed by atoms with Gasteiger partial charge in [-0.1, -0.05) is 38.0 Å². The Labute approximate surface area is 128 Å². The van der Waals surface area contributed by atoms with Gasteiger partial charge in [0.05, 0.1) is 6.04 Å². The monoisotopic (exact) mass is 289 g/mol. The van der Waals surface area contributed by atoms with Crippen LogP contribution in [0.3, 0.4) is 0 Å². The van der Waals surface area contributed by atoms with Gasteiger partial charge in [-0.15, -0.1) is 0 Å². The van der Waals surface area contributed by atoms with E-state index in [4.69, 9.17) is 0 Å². The first kappa shape index (κ1) is 16.0. The predicted octanol–water partition coefficient (Wildman–Crippen LogP) is 3.90. The van der Waals surface area contributed by atoms with Gasteiger partial charge in [-0.05, 0) is 57.3 Å². The fourth-order valence-corrected chi connectivity index (χ4v) is 3.13. The first-order valence-electron chi connectivity index (χ1n) is 8.24. The van der Waals surface area contributed by atoms with Crippen LogP contribution in [0.25, 0.3) is 0 Å². The number of benzene rings is 1. The molecule has 3 nitrogen and oxygen atoms in total. The van der Waals surface area contributed by atoms with Crippen LogP contribution in [-0.4, -0.2) is 29.9 Å². The van der Waals surface area contributed by atoms with E-state index in [0.717, 1.165) is 42.7 Å². The smallest absolute Gasteiger partial charge is 0.241 e. The van der Waals surface area contributed by atoms with Crippen molar-refractivity contribution in [1.82, 2.24) is 4.90 Å². The number of nitrogens with zero attached hydrogens (tertiary/aromatic N) is 1. The topological polar surface area (TPSA) is 32.3 Å². The maximum atomic E-state index is 12.7. The molecule has 1 aromatic rings. The van der Waals surface area contributed by atoms with Crippen LogP contribution in [0.4, 0.5) is 5.69 Å². The second kappa shape index (κ2) is 7.60. The molecule has 0 saturated carbocycles. The number of piperidine rings is 1. The van der Waals surface area contributed by atoms with Crippen molar-refractivity contribution in [2.24, 2.45) is 0 Å². The molecule has 1 heterocycles. The molecule has 1 aliphatic rings. The number of para-hydroxylation sites is 1. The number of carbonyl (C=O) groups excluding carboxylic acids is 1. The Balaban J connectivity index is 2.07. The minimum absolute atomic E-state index is 0.0457. The molecule has 2 rings (SSSR count). The molecular weight excluding hydrogens is 261 g/mol. The minimum atomic E-state index is 0.0457. The Bertz CT molecular complexity index is 464. The molecule has 1 aliphatic heterocycles. The van der Waals surface area contributed by atoms with Crippen molar-refractivity contribution in [3.8, 4) is 0 Å². The lowest BCUT2D eigenvalue weighted by Crippen LogP contribution is -2.47. The van der Waals surface area contributed by atoms with Crippen molar-refractivity contribution in [2.45, 2.75) is 58.9 Å². The summed E-state index contributed by atoms with van der Waals surface area (Å²) in [4.78, 5) is 15.1. The van der Waals surface area contributed by atoms with Gasteiger partial charge in [0.15, 0.2) is 0 Å². The fourth-order valence-electron chi connectivity index (χ4n) is 3.13. The van der Waals surface area contributed by atoms with Crippen LogP contribution in [-0.2, 0) is 4.79 Å². The molecule has 1 amide bonds. The van der Waals surface area contributed by atoms with Crippen molar-refractivity contribution >= 4 is 11.6 Å². The summed E-state index contributed by atoms with van der Waals surface area (Å²) in [6.07, 6.45) is 5.72. The van der Waals surface area contributed by atoms with Gasteiger partial charge in [0.1, 0.15) is 0 Å². The Morgan fingerprint density at radius 1 is 1.29 bits per heavy atom. The van der Waals surface area contributed by atoms with E-state index in [1.807, 2.05) is 6.07 Å². The summed E-state index contributed by atoms with van der Waals surface area (Å²) < 4.78 is 0. The van der Waals surface area contributed by atoms with Crippen LogP contribution >= 0.6 is 0 Å². The highest BCUT2D eigenvalue weighted by molar-refractivity contribution is 5.96. The zero-order valence-corrected chi connectivity index (χ0v) is 13.6. The second-order valence-corrected chi connectivity index (χ2v) is 6.16. The standard InChI is InChI=1S/C18H28N2O/c1-4-5-12-20-13-7-6-11-16(20)18(21)19-17-14(2)9-8-10-15(17)3/h8-10,16H,4-7,11-13H2,1-3H3,(H,19,21)/t16-/m0/s1/i1+1. The molecule has 1 atom stereocenters. The van der Waals surface area contributed by atoms with Crippen LogP contribution in [0.2, 0.25) is 0 Å². The molecule has 21 heavy (non-hydrogen) atoms. The molecule has 0 spiro atoms. The number of anilines is 1. The zero-order valence-electron chi connectivity index (χ0n) is 13.6. The van der Waals surface area contributed by atoms with Crippen molar-refractivity contribution in [3.63, 3.8) is 0 Å². The highest BCUT2D eigenvalue weighted by Crippen LogP contribution is 2.23. The van der Waals surface area contributed by atoms with E-state index in [9.17, 15) is 4.79 Å². The first-order valence-corrected chi connectivity index (χ1v) is 8.24. The SMILES string of the molecule is Cc1cccc(C)c1NC(=O)[C@@H]1CCCCN1CCC[13CH3]. The lowest BCUT2D eigenvalue weighted by molar-refractivity contribution is -0.122. The lowest BCUT2D eigenvalue weighted by Gasteiger charge is -2.34. The molecule has 0 unspecified atom stereocenters. The molecule has 0 bridgehead atoms. The van der Waals surface area contributed by atoms with E-state index in [1.54, 1.807) is 0 Å². The molecule has 116 valence electrons. The average Bonchev–Trinajstić information content (AvgIpc) is 2.49. The second-order valence-electron chi connectivity index (χ2n) is 6.16. The van der Waals surface area contributed by atoms with E-state index in [-0.39, 0.29) is 11.9 Å². The molecule has 0 aromatic heterocycles. The quantitative estimate of drug-likeness (QED) is 0.834. The summed E-state index contributed by atoms with van der Waals surface area (Å²) in [6.45, 7) is 8.42. The molecule has 0 radical (unpaired) electrons. The number of unbranched alkanes of at least 4 members (excludes halogenated alkanes) is 1. The highest BCUT2D eigenvalue weighted by atomic mass is 16.2. The van der Waals surface area contributed by atoms with Crippen molar-refractivity contribution in [3.05, 3.63) is 29.3 Å². The van der Waals surface area contributed by atoms with Crippen LogP contribution < -0.4 is 5.32 Å². The van der Waals surface area contributed by atoms with Gasteiger partial charge in [0.25, 0.3) is 0 Å². The van der Waals surface area contributed by atoms with Gasteiger partial charge in [-0.25, -0.2) is 0 Å². The third-order valence-electron chi connectivity index (χ3n) is 4.44. The third-order valence-corrected chi connectivity index (χ3v) is 4.44. The Morgan fingerprint density at radius 2 is 2.00 bits per heavy atom. The number of aryl methyl sites for hydroxylation is 2. The molecule has 1 fully saturated rings. The fraction of sp³-hybridized carbons (Fsp3) is 0.611. The zero-order chi connectivity index (χ0) is 15.2. The number of hydrogen-bond donors (Lipinski definition) is 1. The van der Waals surface area contributed by atoms with Crippen LogP contribution in [0.15, 0.2) is 18.2 Å². The van der Waals surface area contributed by atoms with E-state index in [0.29, 0.717) is 0 Å². The van der Waals surface area contributed by atoms with E-state index >= 15 is 0 Å². The normalized spacial score (nSPS) is 19.5. The Morgan fingerprint density at radius 3 is 2.67 bits per heavy atom. The summed E-state index contributed by atoms with van der Waals surface area (Å²) in [6, 6.07) is 6.19. The maximum absolute atomic E-state index is 12.7. The van der Waals surface area contributed by atoms with E-state index < -0.39 is 0 Å². The minimum Gasteiger partial charge on any atom is -0.324 e. The van der Waals surface area contributed by atoms with Gasteiger partial charge >= 0.3 is 0 Å². The van der Waals surface area contributed by atoms with Gasteiger partial charge < -0.3 is 5.32 Å². The molecule has 1 aromatic carbocycles. The summed E-state index contributed by atoms with van der Waals surface area (Å²) in [5.41, 5.74) is 3.27. The van der Waals surface area contributed by atoms with E-state index in [1.165, 1.54) is 19.3 Å². The average molecular weight is 289 g/mol. The number of nitrogens with one attached hydrogen (secondary N) is 1. The molecule has 3 heteroatoms. The van der Waals surface area contributed by atoms with Crippen LogP contribution in [0.5, 0.6) is 0 Å². The van der Waals surface area contributed by atoms with Crippen molar-refractivity contribution in [2.75, 3.05) is 18.4 Å². The number of rotatable bonds is 5. The third kappa shape index (κ3) is 4.07. The predicted molar refractivity (Wildman–Crippen MR) is 88.7 cm³/mol. The Kier molecular flexibility index (Phi) is 5.80. The molecule has 1 saturated heterocycles. The number of likely N-dealkylation sites (tertiary alicyclic amines) is 1. The summed E-state index contributed by atoms with van der Waals surface area (Å²) in [5.74, 6) is 0.170. The molecule has 1 N–H and O–H groups in total. The van der Waals surface area contributed by atoms with Gasteiger partial charge in [0.2, 0.25) is 5.91 Å². The summed E-state index contributed by atoms with van der Waals surface area (Å²) in [5, 5.41) is 3.17. The van der Waals surface area contributed by atoms with Crippen LogP contribution in [0.1, 0.15) is 50.2 Å². The Hall–Kier alpha value is -1.35. The summed E-state index contributed by atoms with van der Waals surface area (Å²) >= 11 is 0. The molecular formula is C18H28N2O. The number of carbonyl (C=O) groups is 1. The largest absolute Gasteiger partial charge is 0.324 e. The van der Waals surface area contributed by atoms with E-state index in [2.05, 4.69) is 43.1 Å². The number of amides is 1. The first-order chi connectivity index (χ1) is 10.1. The van der Waals surface area contributed by atoms with Gasteiger partial charge in [-0.2, -0.15) is 0 Å². The maximum Gasteiger partial charge on any atom is 0.241 e. The van der Waals surface area contributed by atoms with Crippen molar-refractivity contribution < 1.29 is 4.79 Å². The summed E-state index contributed by atoms with van der Waals surface area (Å²) in [7, 11) is 0. The lowest BCUT2D eigenvalue weighted by atomic mass is 10.0. The number of hydrogen-bond acceptors (Lipinski definition) is 2. The van der Waals surface area contributed by atoms with Gasteiger partial charge in [0, 0.05) is 5.69 Å². The van der Waals surface area contributed by atoms with Gasteiger partial charge in [-0.3, -0.25) is 9.69 Å². The highest BCUT2D eigenvalue weighted by Gasteiger charge is 2.28. The molecule has 0 aliphatic carbocycles. The van der Waals surface area contributed by atoms with Crippen molar-refractivity contribution in [1.29, 1.82) is 0 Å².